The van der Waals surface area contributed by atoms with Crippen LogP contribution in [0.2, 0.25) is 0 Å². The molecule has 4 aliphatic carbocycles. The second-order valence-electron chi connectivity index (χ2n) is 11.4. The quantitative estimate of drug-likeness (QED) is 0.677. The van der Waals surface area contributed by atoms with Crippen molar-refractivity contribution in [2.75, 3.05) is 7.11 Å². The lowest BCUT2D eigenvalue weighted by Gasteiger charge is -2.61. The number of ketones is 1. The summed E-state index contributed by atoms with van der Waals surface area (Å²) in [5.41, 5.74) is -0.485. The topological polar surface area (TPSA) is 83.8 Å². The van der Waals surface area contributed by atoms with E-state index in [2.05, 4.69) is 20.8 Å². The van der Waals surface area contributed by atoms with Crippen LogP contribution in [0, 0.1) is 46.3 Å². The maximum absolute atomic E-state index is 13.7. The molecular weight excluding hydrogens is 380 g/mol. The summed E-state index contributed by atoms with van der Waals surface area (Å²) in [7, 11) is 1.42. The van der Waals surface area contributed by atoms with Crippen molar-refractivity contribution in [3.05, 3.63) is 0 Å². The molecule has 4 rings (SSSR count). The summed E-state index contributed by atoms with van der Waals surface area (Å²) < 4.78 is 4.81. The van der Waals surface area contributed by atoms with Gasteiger partial charge in [0, 0.05) is 17.8 Å². The predicted octanol–water partition coefficient (Wildman–Crippen LogP) is 3.75. The van der Waals surface area contributed by atoms with E-state index in [1.807, 2.05) is 0 Å². The summed E-state index contributed by atoms with van der Waals surface area (Å²) >= 11 is 0. The number of hydrogen-bond acceptors (Lipinski definition) is 5. The standard InChI is InChI=1S/C25H40O5/c1-14(5-10-20(27)30-4)18-8-9-19-17-7-6-15-13-16(26)11-12-24(15,2)21(17)22(28)23(29)25(18,19)3/h14-19,21,23,26,29H,5-13H2,1-4H3. The summed E-state index contributed by atoms with van der Waals surface area (Å²) in [6.45, 7) is 6.59. The molecule has 0 aromatic heterocycles. The number of fused-ring (bicyclic) bond motifs is 5. The maximum Gasteiger partial charge on any atom is 0.305 e. The Bertz CT molecular complexity index is 691. The molecule has 10 unspecified atom stereocenters. The van der Waals surface area contributed by atoms with Crippen LogP contribution in [0.3, 0.4) is 0 Å². The van der Waals surface area contributed by atoms with Crippen LogP contribution in [0.1, 0.15) is 78.6 Å². The van der Waals surface area contributed by atoms with Gasteiger partial charge in [0.15, 0.2) is 5.78 Å². The Balaban J connectivity index is 1.59. The van der Waals surface area contributed by atoms with Crippen LogP contribution in [-0.4, -0.2) is 41.3 Å². The first-order valence-corrected chi connectivity index (χ1v) is 12.1. The molecular formula is C25H40O5. The summed E-state index contributed by atoms with van der Waals surface area (Å²) in [6, 6.07) is 0. The van der Waals surface area contributed by atoms with E-state index in [9.17, 15) is 19.8 Å². The van der Waals surface area contributed by atoms with Gasteiger partial charge in [0.2, 0.25) is 0 Å². The number of ether oxygens (including phenoxy) is 1. The van der Waals surface area contributed by atoms with Gasteiger partial charge in [-0.2, -0.15) is 0 Å². The first-order valence-electron chi connectivity index (χ1n) is 12.1. The Morgan fingerprint density at radius 1 is 1.17 bits per heavy atom. The van der Waals surface area contributed by atoms with E-state index in [1.54, 1.807) is 0 Å². The summed E-state index contributed by atoms with van der Waals surface area (Å²) in [5, 5.41) is 21.7. The summed E-state index contributed by atoms with van der Waals surface area (Å²) in [5.74, 6) is 1.44. The number of Topliss-reactive ketones (excluding diaryl/α,β-unsaturated/α-hetero) is 1. The molecule has 4 aliphatic rings. The number of carbonyl (C=O) groups is 2. The molecule has 0 aromatic carbocycles. The van der Waals surface area contributed by atoms with Crippen molar-refractivity contribution in [2.24, 2.45) is 46.3 Å². The molecule has 170 valence electrons. The molecule has 0 radical (unpaired) electrons. The zero-order valence-electron chi connectivity index (χ0n) is 19.1. The van der Waals surface area contributed by atoms with Crippen LogP contribution < -0.4 is 0 Å². The Morgan fingerprint density at radius 3 is 2.60 bits per heavy atom. The maximum atomic E-state index is 13.7. The third-order valence-electron chi connectivity index (χ3n) is 10.3. The molecule has 0 bridgehead atoms. The lowest BCUT2D eigenvalue weighted by atomic mass is 9.43. The van der Waals surface area contributed by atoms with E-state index in [-0.39, 0.29) is 41.0 Å². The summed E-state index contributed by atoms with van der Waals surface area (Å²) in [6.07, 6.45) is 6.67. The molecule has 30 heavy (non-hydrogen) atoms. The number of rotatable bonds is 4. The van der Waals surface area contributed by atoms with Crippen molar-refractivity contribution in [3.63, 3.8) is 0 Å². The van der Waals surface area contributed by atoms with E-state index in [0.29, 0.717) is 24.2 Å². The Morgan fingerprint density at radius 2 is 1.90 bits per heavy atom. The Hall–Kier alpha value is -0.940. The van der Waals surface area contributed by atoms with Gasteiger partial charge in [0.25, 0.3) is 0 Å². The van der Waals surface area contributed by atoms with E-state index in [4.69, 9.17) is 4.74 Å². The molecule has 5 heteroatoms. The van der Waals surface area contributed by atoms with Crippen LogP contribution in [-0.2, 0) is 14.3 Å². The number of aliphatic hydroxyl groups excluding tert-OH is 2. The van der Waals surface area contributed by atoms with Crippen molar-refractivity contribution in [2.45, 2.75) is 90.8 Å². The lowest BCUT2D eigenvalue weighted by molar-refractivity contribution is -0.186. The first kappa shape index (κ1) is 22.3. The minimum atomic E-state index is -0.917. The van der Waals surface area contributed by atoms with Crippen molar-refractivity contribution >= 4 is 11.8 Å². The molecule has 0 spiro atoms. The van der Waals surface area contributed by atoms with Crippen LogP contribution in [0.5, 0.6) is 0 Å². The average Bonchev–Trinajstić information content (AvgIpc) is 3.08. The number of esters is 1. The molecule has 4 fully saturated rings. The van der Waals surface area contributed by atoms with Crippen molar-refractivity contribution < 1.29 is 24.5 Å². The number of aliphatic hydroxyl groups is 2. The summed E-state index contributed by atoms with van der Waals surface area (Å²) in [4.78, 5) is 25.4. The highest BCUT2D eigenvalue weighted by atomic mass is 16.5. The van der Waals surface area contributed by atoms with Gasteiger partial charge in [0.05, 0.1) is 13.2 Å². The molecule has 10 atom stereocenters. The Labute approximate surface area is 180 Å². The van der Waals surface area contributed by atoms with Crippen LogP contribution >= 0.6 is 0 Å². The van der Waals surface area contributed by atoms with E-state index >= 15 is 0 Å². The van der Waals surface area contributed by atoms with Gasteiger partial charge in [-0.1, -0.05) is 20.8 Å². The minimum absolute atomic E-state index is 0.0643. The van der Waals surface area contributed by atoms with E-state index < -0.39 is 11.5 Å². The SMILES string of the molecule is COC(=O)CCC(C)C1CCC2C3CCC4CC(O)CCC4(C)C3C(=O)C(O)C12C. The molecule has 0 amide bonds. The first-order chi connectivity index (χ1) is 14.1. The molecule has 0 aliphatic heterocycles. The van der Waals surface area contributed by atoms with Gasteiger partial charge in [0.1, 0.15) is 6.10 Å². The molecule has 2 N–H and O–H groups in total. The largest absolute Gasteiger partial charge is 0.469 e. The zero-order chi connectivity index (χ0) is 21.8. The monoisotopic (exact) mass is 420 g/mol. The molecule has 0 saturated heterocycles. The normalized spacial score (nSPS) is 49.0. The van der Waals surface area contributed by atoms with E-state index in [0.717, 1.165) is 51.4 Å². The molecule has 4 saturated carbocycles. The van der Waals surface area contributed by atoms with Gasteiger partial charge < -0.3 is 14.9 Å². The fourth-order valence-corrected chi connectivity index (χ4v) is 8.63. The minimum Gasteiger partial charge on any atom is -0.469 e. The zero-order valence-corrected chi connectivity index (χ0v) is 19.1. The van der Waals surface area contributed by atoms with Gasteiger partial charge >= 0.3 is 5.97 Å². The van der Waals surface area contributed by atoms with Gasteiger partial charge in [-0.05, 0) is 86.4 Å². The van der Waals surface area contributed by atoms with E-state index in [1.165, 1.54) is 7.11 Å². The van der Waals surface area contributed by atoms with Crippen molar-refractivity contribution in [1.82, 2.24) is 0 Å². The van der Waals surface area contributed by atoms with Crippen LogP contribution in [0.25, 0.3) is 0 Å². The Kier molecular flexibility index (Phi) is 5.85. The fourth-order valence-electron chi connectivity index (χ4n) is 8.63. The van der Waals surface area contributed by atoms with Crippen molar-refractivity contribution in [1.29, 1.82) is 0 Å². The molecule has 5 nitrogen and oxygen atoms in total. The number of carbonyl (C=O) groups excluding carboxylic acids is 2. The van der Waals surface area contributed by atoms with Crippen LogP contribution in [0.15, 0.2) is 0 Å². The smallest absolute Gasteiger partial charge is 0.305 e. The highest BCUT2D eigenvalue weighted by molar-refractivity contribution is 5.88. The highest BCUT2D eigenvalue weighted by Gasteiger charge is 2.67. The van der Waals surface area contributed by atoms with Gasteiger partial charge in [-0.25, -0.2) is 0 Å². The second-order valence-corrected chi connectivity index (χ2v) is 11.4. The lowest BCUT2D eigenvalue weighted by Crippen LogP contribution is -2.63. The highest BCUT2D eigenvalue weighted by Crippen LogP contribution is 2.67. The van der Waals surface area contributed by atoms with Crippen LogP contribution in [0.4, 0.5) is 0 Å². The third kappa shape index (κ3) is 3.18. The van der Waals surface area contributed by atoms with Crippen molar-refractivity contribution in [3.8, 4) is 0 Å². The second kappa shape index (κ2) is 7.88. The third-order valence-corrected chi connectivity index (χ3v) is 10.3. The predicted molar refractivity (Wildman–Crippen MR) is 113 cm³/mol. The number of hydrogen-bond donors (Lipinski definition) is 2. The van der Waals surface area contributed by atoms with Gasteiger partial charge in [-0.15, -0.1) is 0 Å². The average molecular weight is 421 g/mol. The molecule has 0 heterocycles. The van der Waals surface area contributed by atoms with Gasteiger partial charge in [-0.3, -0.25) is 9.59 Å². The number of methoxy groups -OCH3 is 1. The fraction of sp³-hybridized carbons (Fsp3) is 0.920. The molecule has 0 aromatic rings.